The Hall–Kier alpha value is -1.49. The third-order valence-corrected chi connectivity index (χ3v) is 6.23. The molecular weight excluding hydrogens is 390 g/mol. The van der Waals surface area contributed by atoms with Crippen molar-refractivity contribution in [3.63, 3.8) is 0 Å². The minimum absolute atomic E-state index is 0.0163. The number of halogens is 1. The molecule has 0 aliphatic carbocycles. The van der Waals surface area contributed by atoms with Crippen molar-refractivity contribution in [1.29, 1.82) is 0 Å². The number of unbranched alkanes of at least 4 members (excludes halogenated alkanes) is 1. The second kappa shape index (κ2) is 8.26. The summed E-state index contributed by atoms with van der Waals surface area (Å²) < 4.78 is 55.4. The van der Waals surface area contributed by atoms with E-state index in [1.807, 2.05) is 6.92 Å². The highest BCUT2D eigenvalue weighted by Crippen LogP contribution is 2.18. The van der Waals surface area contributed by atoms with Gasteiger partial charge >= 0.3 is 5.22 Å². The molecule has 0 aliphatic heterocycles. The first-order chi connectivity index (χ1) is 11.7. The van der Waals surface area contributed by atoms with Crippen LogP contribution in [0.15, 0.2) is 33.9 Å². The zero-order chi connectivity index (χ0) is 18.5. The van der Waals surface area contributed by atoms with E-state index in [2.05, 4.69) is 14.9 Å². The van der Waals surface area contributed by atoms with E-state index >= 15 is 0 Å². The maximum Gasteiger partial charge on any atom is 0.335 e. The van der Waals surface area contributed by atoms with Gasteiger partial charge in [0, 0.05) is 5.02 Å². The molecule has 0 atom stereocenters. The molecule has 0 spiro atoms. The molecule has 11 heteroatoms. The Morgan fingerprint density at radius 3 is 2.64 bits per heavy atom. The summed E-state index contributed by atoms with van der Waals surface area (Å²) in [5.74, 6) is -0.487. The van der Waals surface area contributed by atoms with Crippen LogP contribution in [0.4, 0.5) is 0 Å². The number of sulfone groups is 1. The smallest absolute Gasteiger partial charge is 0.335 e. The minimum atomic E-state index is -3.85. The largest absolute Gasteiger partial charge is 0.411 e. The fourth-order valence-electron chi connectivity index (χ4n) is 1.92. The van der Waals surface area contributed by atoms with E-state index in [0.29, 0.717) is 17.0 Å². The van der Waals surface area contributed by atoms with E-state index in [0.717, 1.165) is 6.42 Å². The molecule has 0 radical (unpaired) electrons. The van der Waals surface area contributed by atoms with Crippen molar-refractivity contribution in [2.24, 2.45) is 0 Å². The van der Waals surface area contributed by atoms with Crippen LogP contribution in [0, 0.1) is 0 Å². The van der Waals surface area contributed by atoms with Crippen LogP contribution in [0.5, 0.6) is 0 Å². The lowest BCUT2D eigenvalue weighted by atomic mass is 10.2. The molecular formula is C14H18ClN3O5S2. The molecule has 0 aliphatic rings. The first kappa shape index (κ1) is 19.8. The molecule has 2 rings (SSSR count). The van der Waals surface area contributed by atoms with Gasteiger partial charge in [-0.05, 0) is 24.1 Å². The Labute approximate surface area is 151 Å². The summed E-state index contributed by atoms with van der Waals surface area (Å²) in [7, 11) is -7.32. The monoisotopic (exact) mass is 407 g/mol. The van der Waals surface area contributed by atoms with Crippen molar-refractivity contribution in [3.05, 3.63) is 40.7 Å². The summed E-state index contributed by atoms with van der Waals surface area (Å²) in [5, 5.41) is 6.93. The van der Waals surface area contributed by atoms with Crippen molar-refractivity contribution < 1.29 is 21.3 Å². The first-order valence-electron chi connectivity index (χ1n) is 7.49. The minimum Gasteiger partial charge on any atom is -0.411 e. The lowest BCUT2D eigenvalue weighted by molar-refractivity contribution is 0.393. The topological polar surface area (TPSA) is 119 Å². The van der Waals surface area contributed by atoms with E-state index in [-0.39, 0.29) is 23.9 Å². The Morgan fingerprint density at radius 2 is 1.96 bits per heavy atom. The normalized spacial score (nSPS) is 12.4. The molecule has 2 aromatic rings. The number of rotatable bonds is 9. The SMILES string of the molecule is CCCCS(=O)(=O)NCc1nnc(S(=O)(=O)Cc2cccc(Cl)c2)o1. The van der Waals surface area contributed by atoms with Crippen LogP contribution in [0.25, 0.3) is 0 Å². The summed E-state index contributed by atoms with van der Waals surface area (Å²) in [4.78, 5) is 0. The molecule has 0 fully saturated rings. The Morgan fingerprint density at radius 1 is 1.20 bits per heavy atom. The lowest BCUT2D eigenvalue weighted by Crippen LogP contribution is -2.26. The van der Waals surface area contributed by atoms with Gasteiger partial charge in [0.05, 0.1) is 18.1 Å². The van der Waals surface area contributed by atoms with Gasteiger partial charge in [0.15, 0.2) is 0 Å². The second-order valence-corrected chi connectivity index (χ2v) is 9.57. The highest BCUT2D eigenvalue weighted by molar-refractivity contribution is 7.90. The predicted octanol–water partition coefficient (Wildman–Crippen LogP) is 1.92. The third kappa shape index (κ3) is 6.07. The van der Waals surface area contributed by atoms with Crippen molar-refractivity contribution in [3.8, 4) is 0 Å². The average molecular weight is 408 g/mol. The van der Waals surface area contributed by atoms with E-state index in [9.17, 15) is 16.8 Å². The van der Waals surface area contributed by atoms with Crippen LogP contribution < -0.4 is 4.72 Å². The molecule has 8 nitrogen and oxygen atoms in total. The number of benzene rings is 1. The first-order valence-corrected chi connectivity index (χ1v) is 11.2. The van der Waals surface area contributed by atoms with Crippen LogP contribution in [0.3, 0.4) is 0 Å². The van der Waals surface area contributed by atoms with Gasteiger partial charge in [-0.25, -0.2) is 21.6 Å². The van der Waals surface area contributed by atoms with Gasteiger partial charge in [-0.2, -0.15) is 0 Å². The molecule has 25 heavy (non-hydrogen) atoms. The Balaban J connectivity index is 2.04. The van der Waals surface area contributed by atoms with Crippen molar-refractivity contribution in [2.45, 2.75) is 37.3 Å². The molecule has 0 unspecified atom stereocenters. The highest BCUT2D eigenvalue weighted by Gasteiger charge is 2.23. The second-order valence-electron chi connectivity index (χ2n) is 5.34. The Kier molecular flexibility index (Phi) is 6.55. The molecule has 138 valence electrons. The van der Waals surface area contributed by atoms with Crippen LogP contribution in [-0.2, 0) is 32.2 Å². The Bertz CT molecular complexity index is 925. The zero-order valence-corrected chi connectivity index (χ0v) is 15.9. The highest BCUT2D eigenvalue weighted by atomic mass is 35.5. The number of aromatic nitrogens is 2. The average Bonchev–Trinajstić information content (AvgIpc) is 3.01. The quantitative estimate of drug-likeness (QED) is 0.674. The molecule has 0 amide bonds. The number of hydrogen-bond donors (Lipinski definition) is 1. The summed E-state index contributed by atoms with van der Waals surface area (Å²) >= 11 is 5.83. The molecule has 1 N–H and O–H groups in total. The molecule has 1 heterocycles. The molecule has 0 saturated carbocycles. The van der Waals surface area contributed by atoms with E-state index in [1.54, 1.807) is 18.2 Å². The van der Waals surface area contributed by atoms with Gasteiger partial charge < -0.3 is 4.42 Å². The molecule has 0 saturated heterocycles. The van der Waals surface area contributed by atoms with Crippen LogP contribution >= 0.6 is 11.6 Å². The van der Waals surface area contributed by atoms with Crippen molar-refractivity contribution in [1.82, 2.24) is 14.9 Å². The number of sulfonamides is 1. The number of hydrogen-bond acceptors (Lipinski definition) is 7. The zero-order valence-electron chi connectivity index (χ0n) is 13.5. The van der Waals surface area contributed by atoms with Gasteiger partial charge in [-0.15, -0.1) is 5.10 Å². The van der Waals surface area contributed by atoms with Gasteiger partial charge in [0.1, 0.15) is 0 Å². The summed E-state index contributed by atoms with van der Waals surface area (Å²) in [6.45, 7) is 1.62. The van der Waals surface area contributed by atoms with Crippen molar-refractivity contribution in [2.75, 3.05) is 5.75 Å². The number of nitrogens with zero attached hydrogens (tertiary/aromatic N) is 2. The summed E-state index contributed by atoms with van der Waals surface area (Å²) in [6, 6.07) is 6.41. The third-order valence-electron chi connectivity index (χ3n) is 3.17. The van der Waals surface area contributed by atoms with Crippen LogP contribution in [0.2, 0.25) is 5.02 Å². The predicted molar refractivity (Wildman–Crippen MR) is 92.2 cm³/mol. The standard InChI is InChI=1S/C14H18ClN3O5S2/c1-2-3-7-25(21,22)16-9-13-17-18-14(23-13)24(19,20)10-11-5-4-6-12(15)8-11/h4-6,8,16H,2-3,7,9-10H2,1H3. The molecule has 1 aromatic carbocycles. The van der Waals surface area contributed by atoms with Crippen LogP contribution in [-0.4, -0.2) is 32.8 Å². The van der Waals surface area contributed by atoms with E-state index in [1.165, 1.54) is 6.07 Å². The van der Waals surface area contributed by atoms with E-state index < -0.39 is 25.1 Å². The van der Waals surface area contributed by atoms with E-state index in [4.69, 9.17) is 16.0 Å². The summed E-state index contributed by atoms with van der Waals surface area (Å²) in [5.41, 5.74) is 0.479. The van der Waals surface area contributed by atoms with Crippen molar-refractivity contribution >= 4 is 31.5 Å². The summed E-state index contributed by atoms with van der Waals surface area (Å²) in [6.07, 6.45) is 1.27. The van der Waals surface area contributed by atoms with Crippen LogP contribution in [0.1, 0.15) is 31.2 Å². The lowest BCUT2D eigenvalue weighted by Gasteiger charge is -2.03. The van der Waals surface area contributed by atoms with Gasteiger partial charge in [-0.3, -0.25) is 0 Å². The van der Waals surface area contributed by atoms with Gasteiger partial charge in [-0.1, -0.05) is 42.2 Å². The van der Waals surface area contributed by atoms with Gasteiger partial charge in [0.2, 0.25) is 25.8 Å². The fourth-order valence-corrected chi connectivity index (χ4v) is 4.42. The molecule has 1 aromatic heterocycles. The number of nitrogens with one attached hydrogen (secondary N) is 1. The maximum atomic E-state index is 12.3. The fraction of sp³-hybridized carbons (Fsp3) is 0.429. The molecule has 0 bridgehead atoms. The van der Waals surface area contributed by atoms with Gasteiger partial charge in [0.25, 0.3) is 0 Å². The maximum absolute atomic E-state index is 12.3.